The molecule has 0 saturated carbocycles. The highest BCUT2D eigenvalue weighted by Crippen LogP contribution is 2.28. The Kier molecular flexibility index (Phi) is 4.59. The summed E-state index contributed by atoms with van der Waals surface area (Å²) in [5, 5.41) is 0. The lowest BCUT2D eigenvalue weighted by molar-refractivity contribution is 0.0441. The zero-order valence-electron chi connectivity index (χ0n) is 10.7. The summed E-state index contributed by atoms with van der Waals surface area (Å²) in [6.07, 6.45) is 4.78. The maximum absolute atomic E-state index is 11.1. The van der Waals surface area contributed by atoms with Crippen LogP contribution in [0.25, 0.3) is 0 Å². The Hall–Kier alpha value is -0.773. The van der Waals surface area contributed by atoms with Crippen molar-refractivity contribution in [2.45, 2.75) is 51.1 Å². The van der Waals surface area contributed by atoms with Crippen LogP contribution in [0, 0.1) is 0 Å². The SMILES string of the molecule is COC(=O)OC1CCCC=C1C[Si](C)(C)C. The van der Waals surface area contributed by atoms with Gasteiger partial charge in [0.2, 0.25) is 0 Å². The van der Waals surface area contributed by atoms with E-state index in [1.165, 1.54) is 12.7 Å². The third-order valence-electron chi connectivity index (χ3n) is 2.63. The van der Waals surface area contributed by atoms with Crippen molar-refractivity contribution < 1.29 is 14.3 Å². The van der Waals surface area contributed by atoms with E-state index in [0.717, 1.165) is 25.3 Å². The molecule has 0 aromatic heterocycles. The monoisotopic (exact) mass is 242 g/mol. The smallest absolute Gasteiger partial charge is 0.438 e. The van der Waals surface area contributed by atoms with Crippen molar-refractivity contribution >= 4 is 14.2 Å². The normalized spacial score (nSPS) is 21.2. The Morgan fingerprint density at radius 1 is 1.50 bits per heavy atom. The van der Waals surface area contributed by atoms with Crippen molar-refractivity contribution in [3.8, 4) is 0 Å². The highest BCUT2D eigenvalue weighted by molar-refractivity contribution is 6.76. The molecule has 16 heavy (non-hydrogen) atoms. The van der Waals surface area contributed by atoms with Gasteiger partial charge in [0.25, 0.3) is 0 Å². The highest BCUT2D eigenvalue weighted by Gasteiger charge is 2.26. The van der Waals surface area contributed by atoms with Gasteiger partial charge in [0, 0.05) is 8.07 Å². The Morgan fingerprint density at radius 3 is 2.75 bits per heavy atom. The summed E-state index contributed by atoms with van der Waals surface area (Å²) in [7, 11) is 0.206. The summed E-state index contributed by atoms with van der Waals surface area (Å²) in [6, 6.07) is 1.11. The molecule has 0 bridgehead atoms. The molecule has 92 valence electrons. The average Bonchev–Trinajstić information content (AvgIpc) is 2.18. The molecule has 0 aliphatic heterocycles. The van der Waals surface area contributed by atoms with Crippen LogP contribution >= 0.6 is 0 Å². The topological polar surface area (TPSA) is 35.5 Å². The van der Waals surface area contributed by atoms with E-state index in [-0.39, 0.29) is 6.10 Å². The third kappa shape index (κ3) is 4.39. The lowest BCUT2D eigenvalue weighted by Gasteiger charge is -2.27. The van der Waals surface area contributed by atoms with Crippen LogP contribution in [0.2, 0.25) is 25.7 Å². The molecule has 0 saturated heterocycles. The summed E-state index contributed by atoms with van der Waals surface area (Å²) in [6.45, 7) is 6.99. The molecular weight excluding hydrogens is 220 g/mol. The number of methoxy groups -OCH3 is 1. The zero-order valence-corrected chi connectivity index (χ0v) is 11.7. The van der Waals surface area contributed by atoms with Crippen molar-refractivity contribution in [3.05, 3.63) is 11.6 Å². The first-order valence-electron chi connectivity index (χ1n) is 5.86. The van der Waals surface area contributed by atoms with Crippen LogP contribution in [0.3, 0.4) is 0 Å². The van der Waals surface area contributed by atoms with Crippen LogP contribution in [0.1, 0.15) is 19.3 Å². The molecule has 0 fully saturated rings. The maximum atomic E-state index is 11.1. The van der Waals surface area contributed by atoms with Crippen LogP contribution in [-0.2, 0) is 9.47 Å². The molecule has 1 atom stereocenters. The van der Waals surface area contributed by atoms with Gasteiger partial charge in [-0.3, -0.25) is 0 Å². The molecular formula is C12H22O3Si. The van der Waals surface area contributed by atoms with Gasteiger partial charge in [0.1, 0.15) is 6.10 Å². The minimum atomic E-state index is -1.15. The second-order valence-corrected chi connectivity index (χ2v) is 11.0. The van der Waals surface area contributed by atoms with Gasteiger partial charge < -0.3 is 9.47 Å². The molecule has 0 radical (unpaired) electrons. The molecule has 1 aliphatic rings. The molecule has 0 aromatic rings. The minimum Gasteiger partial charge on any atom is -0.438 e. The summed E-state index contributed by atoms with van der Waals surface area (Å²) < 4.78 is 9.85. The third-order valence-corrected chi connectivity index (χ3v) is 4.10. The van der Waals surface area contributed by atoms with Gasteiger partial charge in [-0.25, -0.2) is 4.79 Å². The molecule has 1 rings (SSSR count). The summed E-state index contributed by atoms with van der Waals surface area (Å²) in [5.74, 6) is 0. The van der Waals surface area contributed by atoms with Crippen LogP contribution in [0.5, 0.6) is 0 Å². The molecule has 0 aromatic carbocycles. The van der Waals surface area contributed by atoms with E-state index in [4.69, 9.17) is 4.74 Å². The first kappa shape index (κ1) is 13.3. The van der Waals surface area contributed by atoms with E-state index in [0.29, 0.717) is 0 Å². The average molecular weight is 242 g/mol. The second-order valence-electron chi connectivity index (χ2n) is 5.51. The molecule has 0 N–H and O–H groups in total. The maximum Gasteiger partial charge on any atom is 0.508 e. The summed E-state index contributed by atoms with van der Waals surface area (Å²) >= 11 is 0. The second kappa shape index (κ2) is 5.52. The van der Waals surface area contributed by atoms with Crippen molar-refractivity contribution in [3.63, 3.8) is 0 Å². The molecule has 3 nitrogen and oxygen atoms in total. The molecule has 0 amide bonds. The molecule has 0 spiro atoms. The van der Waals surface area contributed by atoms with Gasteiger partial charge in [-0.2, -0.15) is 0 Å². The number of hydrogen-bond donors (Lipinski definition) is 0. The van der Waals surface area contributed by atoms with Crippen LogP contribution in [-0.4, -0.2) is 27.4 Å². The zero-order chi connectivity index (χ0) is 12.2. The first-order chi connectivity index (χ1) is 7.42. The van der Waals surface area contributed by atoms with Crippen molar-refractivity contribution in [2.75, 3.05) is 7.11 Å². The standard InChI is InChI=1S/C12H22O3Si/c1-14-12(13)15-11-8-6-5-7-10(11)9-16(2,3)4/h7,11H,5-6,8-9H2,1-4H3. The quantitative estimate of drug-likeness (QED) is 0.431. The lowest BCUT2D eigenvalue weighted by atomic mass is 9.98. The van der Waals surface area contributed by atoms with Gasteiger partial charge in [0.15, 0.2) is 0 Å². The number of hydrogen-bond acceptors (Lipinski definition) is 3. The summed E-state index contributed by atoms with van der Waals surface area (Å²) in [5.41, 5.74) is 1.30. The fourth-order valence-corrected chi connectivity index (χ4v) is 3.60. The number of ether oxygens (including phenoxy) is 2. The number of allylic oxidation sites excluding steroid dienone is 1. The predicted octanol–water partition coefficient (Wildman–Crippen LogP) is 3.59. The Morgan fingerprint density at radius 2 is 2.19 bits per heavy atom. The van der Waals surface area contributed by atoms with E-state index in [9.17, 15) is 4.79 Å². The van der Waals surface area contributed by atoms with Crippen molar-refractivity contribution in [2.24, 2.45) is 0 Å². The van der Waals surface area contributed by atoms with E-state index in [2.05, 4.69) is 30.5 Å². The lowest BCUT2D eigenvalue weighted by Crippen LogP contribution is -2.29. The fourth-order valence-electron chi connectivity index (χ4n) is 2.00. The summed E-state index contributed by atoms with van der Waals surface area (Å²) in [4.78, 5) is 11.1. The van der Waals surface area contributed by atoms with Crippen molar-refractivity contribution in [1.82, 2.24) is 0 Å². The van der Waals surface area contributed by atoms with E-state index in [1.54, 1.807) is 0 Å². The van der Waals surface area contributed by atoms with Crippen LogP contribution < -0.4 is 0 Å². The van der Waals surface area contributed by atoms with Gasteiger partial charge in [-0.05, 0) is 30.9 Å². The number of rotatable bonds is 3. The van der Waals surface area contributed by atoms with Crippen molar-refractivity contribution in [1.29, 1.82) is 0 Å². The molecule has 0 heterocycles. The Balaban J connectivity index is 2.63. The fraction of sp³-hybridized carbons (Fsp3) is 0.750. The molecule has 1 unspecified atom stereocenters. The minimum absolute atomic E-state index is 0.0482. The largest absolute Gasteiger partial charge is 0.508 e. The number of carbonyl (C=O) groups excluding carboxylic acids is 1. The van der Waals surface area contributed by atoms with Crippen LogP contribution in [0.15, 0.2) is 11.6 Å². The first-order valence-corrected chi connectivity index (χ1v) is 9.56. The Labute approximate surface area is 98.8 Å². The molecule has 1 aliphatic carbocycles. The molecule has 4 heteroatoms. The van der Waals surface area contributed by atoms with Gasteiger partial charge in [0.05, 0.1) is 7.11 Å². The highest BCUT2D eigenvalue weighted by atomic mass is 28.3. The van der Waals surface area contributed by atoms with E-state index in [1.807, 2.05) is 0 Å². The van der Waals surface area contributed by atoms with Gasteiger partial charge in [-0.1, -0.05) is 25.7 Å². The predicted molar refractivity (Wildman–Crippen MR) is 67.4 cm³/mol. The van der Waals surface area contributed by atoms with Gasteiger partial charge in [-0.15, -0.1) is 0 Å². The van der Waals surface area contributed by atoms with E-state index >= 15 is 0 Å². The van der Waals surface area contributed by atoms with E-state index < -0.39 is 14.2 Å². The Bertz CT molecular complexity index is 278. The number of carbonyl (C=O) groups is 1. The van der Waals surface area contributed by atoms with Gasteiger partial charge >= 0.3 is 6.16 Å². The van der Waals surface area contributed by atoms with Crippen LogP contribution in [0.4, 0.5) is 4.79 Å².